The highest BCUT2D eigenvalue weighted by Gasteiger charge is 2.48. The Hall–Kier alpha value is -2.09. The van der Waals surface area contributed by atoms with Crippen molar-refractivity contribution in [3.05, 3.63) is 30.5 Å². The molecule has 0 saturated heterocycles. The molecule has 0 aliphatic heterocycles. The van der Waals surface area contributed by atoms with Gasteiger partial charge in [0, 0.05) is 12.4 Å². The van der Waals surface area contributed by atoms with Crippen molar-refractivity contribution in [2.45, 2.75) is 18.4 Å². The predicted molar refractivity (Wildman–Crippen MR) is 65.0 cm³/mol. The minimum Gasteiger partial charge on any atom is -0.325 e. The summed E-state index contributed by atoms with van der Waals surface area (Å²) in [4.78, 5) is 20.2. The minimum atomic E-state index is -0.422. The lowest BCUT2D eigenvalue weighted by atomic mass is 10.2. The molecular formula is C10H10N6OS. The lowest BCUT2D eigenvalue weighted by Gasteiger charge is -2.15. The van der Waals surface area contributed by atoms with Gasteiger partial charge in [0.15, 0.2) is 11.6 Å². The molecular weight excluding hydrogens is 252 g/mol. The molecule has 0 aromatic carbocycles. The minimum absolute atomic E-state index is 0.312. The van der Waals surface area contributed by atoms with Crippen molar-refractivity contribution in [2.75, 3.05) is 5.32 Å². The quantitative estimate of drug-likeness (QED) is 0.865. The molecule has 2 aromatic rings. The summed E-state index contributed by atoms with van der Waals surface area (Å²) in [7, 11) is 0. The molecule has 0 bridgehead atoms. The second-order valence-corrected chi connectivity index (χ2v) is 4.58. The first-order valence-corrected chi connectivity index (χ1v) is 6.16. The van der Waals surface area contributed by atoms with Crippen LogP contribution in [0.2, 0.25) is 0 Å². The highest BCUT2D eigenvalue weighted by Crippen LogP contribution is 2.43. The zero-order chi connectivity index (χ0) is 12.4. The molecule has 0 radical (unpaired) electrons. The van der Waals surface area contributed by atoms with Crippen LogP contribution in [0.1, 0.15) is 18.7 Å². The van der Waals surface area contributed by atoms with Crippen LogP contribution >= 0.6 is 11.7 Å². The Morgan fingerprint density at radius 3 is 2.72 bits per heavy atom. The summed E-state index contributed by atoms with van der Waals surface area (Å²) < 4.78 is 7.72. The first-order valence-electron chi connectivity index (χ1n) is 5.43. The number of nitrogens with zero attached hydrogens (tertiary/aromatic N) is 4. The molecule has 2 heterocycles. The van der Waals surface area contributed by atoms with E-state index in [9.17, 15) is 4.79 Å². The Morgan fingerprint density at radius 2 is 2.11 bits per heavy atom. The van der Waals surface area contributed by atoms with Crippen molar-refractivity contribution in [1.29, 1.82) is 0 Å². The average molecular weight is 262 g/mol. The third-order valence-electron chi connectivity index (χ3n) is 2.70. The fraction of sp³-hybridized carbons (Fsp3) is 0.300. The van der Waals surface area contributed by atoms with Gasteiger partial charge in [0.05, 0.1) is 17.9 Å². The van der Waals surface area contributed by atoms with E-state index in [2.05, 4.69) is 29.3 Å². The summed E-state index contributed by atoms with van der Waals surface area (Å²) in [6.07, 6.45) is 6.54. The van der Waals surface area contributed by atoms with Gasteiger partial charge >= 0.3 is 6.03 Å². The summed E-state index contributed by atoms with van der Waals surface area (Å²) in [6, 6.07) is 1.44. The molecule has 8 heteroatoms. The number of aromatic nitrogens is 4. The van der Waals surface area contributed by atoms with Gasteiger partial charge in [0.2, 0.25) is 0 Å². The van der Waals surface area contributed by atoms with E-state index in [4.69, 9.17) is 0 Å². The molecule has 7 nitrogen and oxygen atoms in total. The van der Waals surface area contributed by atoms with Crippen LogP contribution in [0.15, 0.2) is 24.7 Å². The molecule has 0 spiro atoms. The van der Waals surface area contributed by atoms with Gasteiger partial charge in [-0.2, -0.15) is 8.75 Å². The standard InChI is InChI=1S/C10H10N6OS/c17-9(14-7-6-13-18-16-7)15-10(2-3-10)8-11-4-1-5-12-8/h1,4-6H,2-3H2,(H2,14,15,16,17). The summed E-state index contributed by atoms with van der Waals surface area (Å²) in [6.45, 7) is 0. The highest BCUT2D eigenvalue weighted by molar-refractivity contribution is 6.99. The van der Waals surface area contributed by atoms with Crippen LogP contribution in [0, 0.1) is 0 Å². The second-order valence-electron chi connectivity index (χ2n) is 4.03. The average Bonchev–Trinajstić information content (AvgIpc) is 2.98. The largest absolute Gasteiger partial charge is 0.325 e. The Morgan fingerprint density at radius 1 is 1.33 bits per heavy atom. The Labute approximate surface area is 107 Å². The van der Waals surface area contributed by atoms with E-state index in [1.807, 2.05) is 0 Å². The topological polar surface area (TPSA) is 92.7 Å². The van der Waals surface area contributed by atoms with Crippen molar-refractivity contribution < 1.29 is 4.79 Å². The number of nitrogens with one attached hydrogen (secondary N) is 2. The third kappa shape index (κ3) is 2.14. The van der Waals surface area contributed by atoms with Crippen molar-refractivity contribution in [3.63, 3.8) is 0 Å². The smallest absolute Gasteiger partial charge is 0.321 e. The van der Waals surface area contributed by atoms with Gasteiger partial charge in [-0.3, -0.25) is 5.32 Å². The van der Waals surface area contributed by atoms with Gasteiger partial charge in [-0.15, -0.1) is 0 Å². The maximum atomic E-state index is 11.8. The van der Waals surface area contributed by atoms with Gasteiger partial charge in [0.25, 0.3) is 0 Å². The van der Waals surface area contributed by atoms with E-state index in [0.29, 0.717) is 11.6 Å². The predicted octanol–water partition coefficient (Wildman–Crippen LogP) is 1.14. The molecule has 18 heavy (non-hydrogen) atoms. The number of amides is 2. The molecule has 2 amide bonds. The fourth-order valence-corrected chi connectivity index (χ4v) is 2.04. The van der Waals surface area contributed by atoms with E-state index in [1.54, 1.807) is 18.5 Å². The van der Waals surface area contributed by atoms with Crippen molar-refractivity contribution in [3.8, 4) is 0 Å². The van der Waals surface area contributed by atoms with Gasteiger partial charge < -0.3 is 5.32 Å². The Bertz CT molecular complexity index is 539. The Kier molecular flexibility index (Phi) is 2.63. The molecule has 0 atom stereocenters. The molecule has 1 fully saturated rings. The van der Waals surface area contributed by atoms with Gasteiger partial charge in [0.1, 0.15) is 5.54 Å². The van der Waals surface area contributed by atoms with E-state index < -0.39 is 5.54 Å². The third-order valence-corrected chi connectivity index (χ3v) is 3.18. The summed E-state index contributed by atoms with van der Waals surface area (Å²) in [5, 5.41) is 5.50. The van der Waals surface area contributed by atoms with Crippen LogP contribution < -0.4 is 10.6 Å². The van der Waals surface area contributed by atoms with Crippen LogP contribution in [-0.2, 0) is 5.54 Å². The first kappa shape index (κ1) is 11.0. The zero-order valence-corrected chi connectivity index (χ0v) is 10.1. The number of carbonyl (C=O) groups excluding carboxylic acids is 1. The molecule has 0 unspecified atom stereocenters. The first-order chi connectivity index (χ1) is 8.78. The Balaban J connectivity index is 1.68. The van der Waals surface area contributed by atoms with E-state index >= 15 is 0 Å². The normalized spacial score (nSPS) is 16.0. The second kappa shape index (κ2) is 4.30. The lowest BCUT2D eigenvalue weighted by molar-refractivity contribution is 0.246. The fourth-order valence-electron chi connectivity index (χ4n) is 1.66. The number of anilines is 1. The summed E-state index contributed by atoms with van der Waals surface area (Å²) >= 11 is 1.04. The van der Waals surface area contributed by atoms with Gasteiger partial charge in [-0.25, -0.2) is 14.8 Å². The van der Waals surface area contributed by atoms with E-state index in [0.717, 1.165) is 24.6 Å². The van der Waals surface area contributed by atoms with Crippen molar-refractivity contribution in [2.24, 2.45) is 0 Å². The number of carbonyl (C=O) groups is 1. The molecule has 2 aromatic heterocycles. The van der Waals surface area contributed by atoms with Gasteiger partial charge in [-0.05, 0) is 18.9 Å². The molecule has 1 aliphatic rings. The van der Waals surface area contributed by atoms with Crippen molar-refractivity contribution in [1.82, 2.24) is 24.0 Å². The zero-order valence-electron chi connectivity index (χ0n) is 9.33. The molecule has 1 aliphatic carbocycles. The highest BCUT2D eigenvalue weighted by atomic mass is 32.1. The van der Waals surface area contributed by atoms with Crippen LogP contribution in [0.5, 0.6) is 0 Å². The SMILES string of the molecule is O=C(Nc1cnsn1)NC1(c2ncccn2)CC1. The number of hydrogen-bond donors (Lipinski definition) is 2. The van der Waals surface area contributed by atoms with Crippen molar-refractivity contribution >= 4 is 23.6 Å². The number of urea groups is 1. The van der Waals surface area contributed by atoms with Crippen LogP contribution in [0.4, 0.5) is 10.6 Å². The molecule has 1 saturated carbocycles. The molecule has 2 N–H and O–H groups in total. The number of hydrogen-bond acceptors (Lipinski definition) is 6. The maximum Gasteiger partial charge on any atom is 0.321 e. The maximum absolute atomic E-state index is 11.8. The molecule has 3 rings (SSSR count). The van der Waals surface area contributed by atoms with Crippen LogP contribution in [0.3, 0.4) is 0 Å². The van der Waals surface area contributed by atoms with E-state index in [1.165, 1.54) is 6.20 Å². The summed E-state index contributed by atoms with van der Waals surface area (Å²) in [5.41, 5.74) is -0.422. The summed E-state index contributed by atoms with van der Waals surface area (Å²) in [5.74, 6) is 1.10. The van der Waals surface area contributed by atoms with Gasteiger partial charge in [-0.1, -0.05) is 0 Å². The molecule has 92 valence electrons. The van der Waals surface area contributed by atoms with Crippen LogP contribution in [0.25, 0.3) is 0 Å². The van der Waals surface area contributed by atoms with Crippen LogP contribution in [-0.4, -0.2) is 24.7 Å². The monoisotopic (exact) mass is 262 g/mol. The van der Waals surface area contributed by atoms with E-state index in [-0.39, 0.29) is 6.03 Å². The lowest BCUT2D eigenvalue weighted by Crippen LogP contribution is -2.39. The number of rotatable bonds is 3.